The molecule has 1 aromatic rings. The zero-order valence-corrected chi connectivity index (χ0v) is 8.34. The number of aromatic hydroxyl groups is 1. The van der Waals surface area contributed by atoms with Crippen molar-refractivity contribution < 1.29 is 18.6 Å². The maximum absolute atomic E-state index is 13.2. The van der Waals surface area contributed by atoms with Gasteiger partial charge in [-0.3, -0.25) is 0 Å². The van der Waals surface area contributed by atoms with Gasteiger partial charge in [0.2, 0.25) is 0 Å². The van der Waals surface area contributed by atoms with E-state index in [1.54, 1.807) is 6.92 Å². The summed E-state index contributed by atoms with van der Waals surface area (Å²) in [5, 5.41) is 9.53. The predicted molar refractivity (Wildman–Crippen MR) is 52.2 cm³/mol. The van der Waals surface area contributed by atoms with E-state index in [-0.39, 0.29) is 5.75 Å². The van der Waals surface area contributed by atoms with Crippen LogP contribution >= 0.6 is 0 Å². The zero-order chi connectivity index (χ0) is 11.5. The lowest BCUT2D eigenvalue weighted by Gasteiger charge is -2.17. The Kier molecular flexibility index (Phi) is 3.47. The summed E-state index contributed by atoms with van der Waals surface area (Å²) in [7, 11) is 0. The van der Waals surface area contributed by atoms with E-state index >= 15 is 0 Å². The van der Waals surface area contributed by atoms with E-state index in [4.69, 9.17) is 10.5 Å². The number of hydrogen-bond acceptors (Lipinski definition) is 3. The van der Waals surface area contributed by atoms with Crippen molar-refractivity contribution in [3.05, 3.63) is 23.8 Å². The Hall–Kier alpha value is -1.36. The van der Waals surface area contributed by atoms with Gasteiger partial charge in [-0.25, -0.2) is 0 Å². The Bertz CT molecular complexity index is 342. The first-order valence-corrected chi connectivity index (χ1v) is 4.56. The topological polar surface area (TPSA) is 55.5 Å². The van der Waals surface area contributed by atoms with E-state index in [0.717, 1.165) is 6.07 Å². The van der Waals surface area contributed by atoms with Crippen molar-refractivity contribution in [1.82, 2.24) is 0 Å². The van der Waals surface area contributed by atoms with E-state index in [0.29, 0.717) is 6.61 Å². The van der Waals surface area contributed by atoms with Gasteiger partial charge in [-0.1, -0.05) is 6.07 Å². The maximum atomic E-state index is 13.2. The number of rotatable bonds is 4. The van der Waals surface area contributed by atoms with Crippen LogP contribution < -0.4 is 10.5 Å². The minimum absolute atomic E-state index is 0.0446. The third-order valence-electron chi connectivity index (χ3n) is 1.95. The lowest BCUT2D eigenvalue weighted by atomic mass is 10.1. The molecule has 3 nitrogen and oxygen atoms in total. The third-order valence-corrected chi connectivity index (χ3v) is 1.95. The highest BCUT2D eigenvalue weighted by Gasteiger charge is 2.33. The van der Waals surface area contributed by atoms with E-state index in [9.17, 15) is 13.9 Å². The monoisotopic (exact) mass is 217 g/mol. The van der Waals surface area contributed by atoms with Crippen molar-refractivity contribution in [2.24, 2.45) is 5.73 Å². The molecule has 0 aromatic heterocycles. The molecular formula is C10H13F2NO2. The quantitative estimate of drug-likeness (QED) is 0.809. The number of benzene rings is 1. The summed E-state index contributed by atoms with van der Waals surface area (Å²) >= 11 is 0. The van der Waals surface area contributed by atoms with Gasteiger partial charge in [0.05, 0.1) is 18.7 Å². The minimum atomic E-state index is -3.24. The van der Waals surface area contributed by atoms with Gasteiger partial charge >= 0.3 is 0 Å². The molecule has 0 spiro atoms. The summed E-state index contributed by atoms with van der Waals surface area (Å²) in [4.78, 5) is 0. The van der Waals surface area contributed by atoms with E-state index in [2.05, 4.69) is 0 Å². The van der Waals surface area contributed by atoms with Crippen LogP contribution in [0.1, 0.15) is 12.5 Å². The van der Waals surface area contributed by atoms with Crippen molar-refractivity contribution in [1.29, 1.82) is 0 Å². The average Bonchev–Trinajstić information content (AvgIpc) is 2.21. The van der Waals surface area contributed by atoms with Crippen molar-refractivity contribution in [3.8, 4) is 11.5 Å². The number of hydrogen-bond donors (Lipinski definition) is 2. The summed E-state index contributed by atoms with van der Waals surface area (Å²) < 4.78 is 31.4. The lowest BCUT2D eigenvalue weighted by molar-refractivity contribution is 0.00339. The first kappa shape index (κ1) is 11.7. The number of alkyl halides is 2. The van der Waals surface area contributed by atoms with Crippen LogP contribution in [0.4, 0.5) is 8.78 Å². The Morgan fingerprint density at radius 1 is 1.47 bits per heavy atom. The molecule has 0 bridgehead atoms. The number of para-hydroxylation sites is 1. The molecule has 84 valence electrons. The Morgan fingerprint density at radius 2 is 2.13 bits per heavy atom. The molecule has 0 heterocycles. The molecule has 0 atom stereocenters. The van der Waals surface area contributed by atoms with Crippen LogP contribution in [0.25, 0.3) is 0 Å². The van der Waals surface area contributed by atoms with Gasteiger partial charge in [0.25, 0.3) is 5.92 Å². The molecule has 0 aliphatic rings. The standard InChI is InChI=1S/C10H13F2NO2/c1-2-15-8-5-3-4-7(9(8)14)10(11,12)6-13/h3-5,14H,2,6,13H2,1H3. The molecule has 5 heteroatoms. The largest absolute Gasteiger partial charge is 0.504 e. The molecule has 3 N–H and O–H groups in total. The molecule has 15 heavy (non-hydrogen) atoms. The van der Waals surface area contributed by atoms with Crippen LogP contribution in [0, 0.1) is 0 Å². The Balaban J connectivity index is 3.15. The van der Waals surface area contributed by atoms with Crippen LogP contribution in [0.2, 0.25) is 0 Å². The fourth-order valence-corrected chi connectivity index (χ4v) is 1.20. The lowest BCUT2D eigenvalue weighted by Crippen LogP contribution is -2.25. The molecule has 0 aliphatic carbocycles. The molecule has 0 radical (unpaired) electrons. The SMILES string of the molecule is CCOc1cccc(C(F)(F)CN)c1O. The number of ether oxygens (including phenoxy) is 1. The number of phenolic OH excluding ortho intramolecular Hbond substituents is 1. The second-order valence-electron chi connectivity index (χ2n) is 2.99. The van der Waals surface area contributed by atoms with E-state index < -0.39 is 23.8 Å². The summed E-state index contributed by atoms with van der Waals surface area (Å²) in [6.07, 6.45) is 0. The van der Waals surface area contributed by atoms with Gasteiger partial charge in [0.15, 0.2) is 11.5 Å². The first-order chi connectivity index (χ1) is 7.03. The predicted octanol–water partition coefficient (Wildman–Crippen LogP) is 1.84. The number of phenols is 1. The molecule has 0 aliphatic heterocycles. The zero-order valence-electron chi connectivity index (χ0n) is 8.34. The second kappa shape index (κ2) is 4.44. The third kappa shape index (κ3) is 2.36. The van der Waals surface area contributed by atoms with Crippen LogP contribution in [0.15, 0.2) is 18.2 Å². The molecule has 0 unspecified atom stereocenters. The van der Waals surface area contributed by atoms with Crippen LogP contribution in [-0.2, 0) is 5.92 Å². The van der Waals surface area contributed by atoms with Gasteiger partial charge in [0.1, 0.15) is 0 Å². The fourth-order valence-electron chi connectivity index (χ4n) is 1.20. The highest BCUT2D eigenvalue weighted by molar-refractivity contribution is 5.47. The molecule has 0 saturated heterocycles. The van der Waals surface area contributed by atoms with Gasteiger partial charge in [0, 0.05) is 0 Å². The summed E-state index contributed by atoms with van der Waals surface area (Å²) in [6, 6.07) is 3.95. The smallest absolute Gasteiger partial charge is 0.288 e. The maximum Gasteiger partial charge on any atom is 0.288 e. The first-order valence-electron chi connectivity index (χ1n) is 4.56. The van der Waals surface area contributed by atoms with Crippen molar-refractivity contribution in [2.75, 3.05) is 13.2 Å². The van der Waals surface area contributed by atoms with Gasteiger partial charge < -0.3 is 15.6 Å². The second-order valence-corrected chi connectivity index (χ2v) is 2.99. The van der Waals surface area contributed by atoms with E-state index in [1.165, 1.54) is 12.1 Å². The minimum Gasteiger partial charge on any atom is -0.504 e. The highest BCUT2D eigenvalue weighted by Crippen LogP contribution is 2.39. The molecule has 1 aromatic carbocycles. The van der Waals surface area contributed by atoms with E-state index in [1.807, 2.05) is 0 Å². The van der Waals surface area contributed by atoms with Crippen molar-refractivity contribution in [2.45, 2.75) is 12.8 Å². The van der Waals surface area contributed by atoms with Crippen LogP contribution in [0.3, 0.4) is 0 Å². The Morgan fingerprint density at radius 3 is 2.67 bits per heavy atom. The average molecular weight is 217 g/mol. The fraction of sp³-hybridized carbons (Fsp3) is 0.400. The summed E-state index contributed by atoms with van der Waals surface area (Å²) in [6.45, 7) is 1.15. The molecular weight excluding hydrogens is 204 g/mol. The van der Waals surface area contributed by atoms with Crippen molar-refractivity contribution in [3.63, 3.8) is 0 Å². The molecule has 0 fully saturated rings. The van der Waals surface area contributed by atoms with Gasteiger partial charge in [-0.15, -0.1) is 0 Å². The molecule has 0 amide bonds. The van der Waals surface area contributed by atoms with Crippen LogP contribution in [0.5, 0.6) is 11.5 Å². The van der Waals surface area contributed by atoms with Crippen LogP contribution in [-0.4, -0.2) is 18.3 Å². The molecule has 0 saturated carbocycles. The van der Waals surface area contributed by atoms with Gasteiger partial charge in [-0.05, 0) is 19.1 Å². The normalized spacial score (nSPS) is 11.5. The Labute approximate surface area is 86.5 Å². The highest BCUT2D eigenvalue weighted by atomic mass is 19.3. The number of nitrogens with two attached hydrogens (primary N) is 1. The number of halogens is 2. The van der Waals surface area contributed by atoms with Gasteiger partial charge in [-0.2, -0.15) is 8.78 Å². The molecule has 1 rings (SSSR count). The summed E-state index contributed by atoms with van der Waals surface area (Å²) in [5.41, 5.74) is 4.43. The summed E-state index contributed by atoms with van der Waals surface area (Å²) in [5.74, 6) is -3.74. The van der Waals surface area contributed by atoms with Crippen molar-refractivity contribution >= 4 is 0 Å².